The highest BCUT2D eigenvalue weighted by Gasteiger charge is 2.42. The van der Waals surface area contributed by atoms with E-state index in [1.807, 2.05) is 0 Å². The highest BCUT2D eigenvalue weighted by molar-refractivity contribution is 7.91. The molecule has 2 unspecified atom stereocenters. The zero-order chi connectivity index (χ0) is 13.2. The Hall–Kier alpha value is -1.40. The van der Waals surface area contributed by atoms with Gasteiger partial charge in [-0.25, -0.2) is 8.42 Å². The molecule has 0 aliphatic carbocycles. The first-order valence-electron chi connectivity index (χ1n) is 5.64. The molecule has 18 heavy (non-hydrogen) atoms. The molecule has 0 aromatic heterocycles. The predicted molar refractivity (Wildman–Crippen MR) is 66.8 cm³/mol. The number of nitrogens with one attached hydrogen (secondary N) is 1. The van der Waals surface area contributed by atoms with E-state index < -0.39 is 27.1 Å². The smallest absolute Gasteiger partial charge is 0.324 e. The lowest BCUT2D eigenvalue weighted by atomic mass is 10.1. The van der Waals surface area contributed by atoms with Gasteiger partial charge in [-0.2, -0.15) is 0 Å². The minimum atomic E-state index is -3.34. The number of sulfone groups is 1. The predicted octanol–water partition coefficient (Wildman–Crippen LogP) is 0.287. The van der Waals surface area contributed by atoms with Crippen LogP contribution in [0.5, 0.6) is 0 Å². The van der Waals surface area contributed by atoms with Gasteiger partial charge in [0.15, 0.2) is 9.84 Å². The van der Waals surface area contributed by atoms with Crippen molar-refractivity contribution in [2.45, 2.75) is 11.3 Å². The highest BCUT2D eigenvalue weighted by Crippen LogP contribution is 2.29. The van der Waals surface area contributed by atoms with Crippen LogP contribution in [0.1, 0.15) is 10.8 Å². The zero-order valence-electron chi connectivity index (χ0n) is 10.00. The van der Waals surface area contributed by atoms with Crippen LogP contribution < -0.4 is 5.32 Å². The molecule has 98 valence electrons. The first-order valence-corrected chi connectivity index (χ1v) is 7.35. The molecule has 1 aromatic carbocycles. The third-order valence-electron chi connectivity index (χ3n) is 3.02. The van der Waals surface area contributed by atoms with Gasteiger partial charge in [0.05, 0.1) is 12.9 Å². The SMILES string of the molecule is COC(=O)C1NCCS(=O)(=O)C1c1ccccc1. The number of carbonyl (C=O) groups excluding carboxylic acids is 1. The van der Waals surface area contributed by atoms with Gasteiger partial charge in [0.2, 0.25) is 0 Å². The third-order valence-corrected chi connectivity index (χ3v) is 5.11. The molecule has 2 atom stereocenters. The summed E-state index contributed by atoms with van der Waals surface area (Å²) in [7, 11) is -2.09. The van der Waals surface area contributed by atoms with Crippen molar-refractivity contribution in [2.24, 2.45) is 0 Å². The molecule has 1 heterocycles. The Morgan fingerprint density at radius 2 is 2.00 bits per heavy atom. The number of rotatable bonds is 2. The van der Waals surface area contributed by atoms with Crippen LogP contribution in [-0.2, 0) is 19.4 Å². The molecule has 0 amide bonds. The molecular weight excluding hydrogens is 254 g/mol. The Balaban J connectivity index is 2.44. The van der Waals surface area contributed by atoms with Gasteiger partial charge in [-0.15, -0.1) is 0 Å². The molecule has 1 aliphatic heterocycles. The van der Waals surface area contributed by atoms with Crippen molar-refractivity contribution in [2.75, 3.05) is 19.4 Å². The lowest BCUT2D eigenvalue weighted by Gasteiger charge is -2.30. The number of benzene rings is 1. The van der Waals surface area contributed by atoms with E-state index in [0.717, 1.165) is 0 Å². The van der Waals surface area contributed by atoms with Crippen LogP contribution >= 0.6 is 0 Å². The van der Waals surface area contributed by atoms with Crippen molar-refractivity contribution in [3.05, 3.63) is 35.9 Å². The molecule has 1 saturated heterocycles. The van der Waals surface area contributed by atoms with Crippen LogP contribution in [0.15, 0.2) is 30.3 Å². The van der Waals surface area contributed by atoms with Crippen LogP contribution in [0.4, 0.5) is 0 Å². The number of esters is 1. The number of hydrogen-bond donors (Lipinski definition) is 1. The van der Waals surface area contributed by atoms with Crippen molar-refractivity contribution in [1.29, 1.82) is 0 Å². The van der Waals surface area contributed by atoms with E-state index >= 15 is 0 Å². The van der Waals surface area contributed by atoms with E-state index in [2.05, 4.69) is 10.1 Å². The third kappa shape index (κ3) is 2.39. The molecule has 1 aliphatic rings. The molecule has 1 aromatic rings. The van der Waals surface area contributed by atoms with Gasteiger partial charge in [0.1, 0.15) is 11.3 Å². The number of hydrogen-bond acceptors (Lipinski definition) is 5. The summed E-state index contributed by atoms with van der Waals surface area (Å²) in [5.41, 5.74) is 0.611. The number of ether oxygens (including phenoxy) is 1. The molecule has 6 heteroatoms. The Morgan fingerprint density at radius 1 is 1.33 bits per heavy atom. The lowest BCUT2D eigenvalue weighted by molar-refractivity contribution is -0.143. The van der Waals surface area contributed by atoms with Crippen LogP contribution in [0.2, 0.25) is 0 Å². The molecular formula is C12H15NO4S. The van der Waals surface area contributed by atoms with Crippen molar-refractivity contribution in [3.8, 4) is 0 Å². The van der Waals surface area contributed by atoms with Crippen molar-refractivity contribution < 1.29 is 17.9 Å². The van der Waals surface area contributed by atoms with Gasteiger partial charge in [0, 0.05) is 6.54 Å². The van der Waals surface area contributed by atoms with E-state index in [1.165, 1.54) is 7.11 Å². The molecule has 0 saturated carbocycles. The summed E-state index contributed by atoms with van der Waals surface area (Å²) in [6.07, 6.45) is 0. The second kappa shape index (κ2) is 5.07. The van der Waals surface area contributed by atoms with Gasteiger partial charge in [0.25, 0.3) is 0 Å². The second-order valence-electron chi connectivity index (χ2n) is 4.15. The fraction of sp³-hybridized carbons (Fsp3) is 0.417. The maximum atomic E-state index is 12.2. The van der Waals surface area contributed by atoms with Crippen LogP contribution in [0.25, 0.3) is 0 Å². The number of carbonyl (C=O) groups is 1. The standard InChI is InChI=1S/C12H15NO4S/c1-17-12(14)10-11(9-5-3-2-4-6-9)18(15,16)8-7-13-10/h2-6,10-11,13H,7-8H2,1H3. The summed E-state index contributed by atoms with van der Waals surface area (Å²) < 4.78 is 29.0. The molecule has 5 nitrogen and oxygen atoms in total. The quantitative estimate of drug-likeness (QED) is 0.781. The molecule has 0 bridgehead atoms. The molecule has 0 radical (unpaired) electrons. The Kier molecular flexibility index (Phi) is 3.68. The summed E-state index contributed by atoms with van der Waals surface area (Å²) in [5.74, 6) is -0.521. The van der Waals surface area contributed by atoms with Gasteiger partial charge in [-0.1, -0.05) is 30.3 Å². The summed E-state index contributed by atoms with van der Waals surface area (Å²) >= 11 is 0. The largest absolute Gasteiger partial charge is 0.468 e. The first-order chi connectivity index (χ1) is 8.56. The van der Waals surface area contributed by atoms with Crippen molar-refractivity contribution >= 4 is 15.8 Å². The Morgan fingerprint density at radius 3 is 2.61 bits per heavy atom. The molecule has 1 N–H and O–H groups in total. The van der Waals surface area contributed by atoms with Crippen LogP contribution in [-0.4, -0.2) is 39.8 Å². The van der Waals surface area contributed by atoms with Gasteiger partial charge < -0.3 is 10.1 Å². The Labute approximate surface area is 106 Å². The van der Waals surface area contributed by atoms with Crippen molar-refractivity contribution in [3.63, 3.8) is 0 Å². The van der Waals surface area contributed by atoms with Crippen LogP contribution in [0, 0.1) is 0 Å². The normalized spacial score (nSPS) is 26.5. The van der Waals surface area contributed by atoms with E-state index in [9.17, 15) is 13.2 Å². The average Bonchev–Trinajstić information content (AvgIpc) is 2.37. The maximum absolute atomic E-state index is 12.2. The lowest BCUT2D eigenvalue weighted by Crippen LogP contribution is -2.51. The number of methoxy groups -OCH3 is 1. The average molecular weight is 269 g/mol. The zero-order valence-corrected chi connectivity index (χ0v) is 10.8. The van der Waals surface area contributed by atoms with E-state index in [1.54, 1.807) is 30.3 Å². The molecule has 2 rings (SSSR count). The summed E-state index contributed by atoms with van der Waals surface area (Å²) in [4.78, 5) is 11.7. The fourth-order valence-corrected chi connectivity index (χ4v) is 4.02. The van der Waals surface area contributed by atoms with Gasteiger partial charge in [-0.05, 0) is 5.56 Å². The minimum Gasteiger partial charge on any atom is -0.468 e. The Bertz CT molecular complexity index is 526. The second-order valence-corrected chi connectivity index (χ2v) is 6.40. The topological polar surface area (TPSA) is 72.5 Å². The van der Waals surface area contributed by atoms with Gasteiger partial charge in [-0.3, -0.25) is 4.79 Å². The van der Waals surface area contributed by atoms with Crippen LogP contribution in [0.3, 0.4) is 0 Å². The summed E-state index contributed by atoms with van der Waals surface area (Å²) in [6.45, 7) is 0.269. The van der Waals surface area contributed by atoms with Crippen molar-refractivity contribution in [1.82, 2.24) is 5.32 Å². The fourth-order valence-electron chi connectivity index (χ4n) is 2.17. The molecule has 1 fully saturated rings. The van der Waals surface area contributed by atoms with E-state index in [0.29, 0.717) is 5.56 Å². The monoisotopic (exact) mass is 269 g/mol. The summed E-state index contributed by atoms with van der Waals surface area (Å²) in [5, 5.41) is 2.05. The first kappa shape index (κ1) is 13.0. The maximum Gasteiger partial charge on any atom is 0.324 e. The van der Waals surface area contributed by atoms with Gasteiger partial charge >= 0.3 is 5.97 Å². The minimum absolute atomic E-state index is 0.0278. The molecule has 0 spiro atoms. The summed E-state index contributed by atoms with van der Waals surface area (Å²) in [6, 6.07) is 7.91. The van der Waals surface area contributed by atoms with E-state index in [-0.39, 0.29) is 12.3 Å². The highest BCUT2D eigenvalue weighted by atomic mass is 32.2. The van der Waals surface area contributed by atoms with E-state index in [4.69, 9.17) is 0 Å².